The molecule has 0 aliphatic carbocycles. The molecule has 3 amide bonds. The summed E-state index contributed by atoms with van der Waals surface area (Å²) in [4.78, 5) is 27.7. The SMILES string of the molecule is CC(C)NC(=O)N1CCN(C(=O)C2CSCN2)CC1. The second kappa shape index (κ2) is 6.47. The van der Waals surface area contributed by atoms with Crippen LogP contribution in [0.15, 0.2) is 0 Å². The lowest BCUT2D eigenvalue weighted by Gasteiger charge is -2.36. The molecule has 2 aliphatic rings. The quantitative estimate of drug-likeness (QED) is 0.745. The lowest BCUT2D eigenvalue weighted by atomic mass is 10.2. The predicted molar refractivity (Wildman–Crippen MR) is 76.1 cm³/mol. The van der Waals surface area contributed by atoms with E-state index in [1.165, 1.54) is 0 Å². The number of carbonyl (C=O) groups excluding carboxylic acids is 2. The molecule has 2 aliphatic heterocycles. The highest BCUT2D eigenvalue weighted by molar-refractivity contribution is 7.99. The first kappa shape index (κ1) is 14.5. The van der Waals surface area contributed by atoms with E-state index in [0.29, 0.717) is 26.2 Å². The smallest absolute Gasteiger partial charge is 0.317 e. The van der Waals surface area contributed by atoms with Crippen LogP contribution in [-0.2, 0) is 4.79 Å². The zero-order chi connectivity index (χ0) is 13.8. The molecule has 0 bridgehead atoms. The van der Waals surface area contributed by atoms with Gasteiger partial charge >= 0.3 is 6.03 Å². The molecule has 2 rings (SSSR count). The summed E-state index contributed by atoms with van der Waals surface area (Å²) in [6.45, 7) is 6.39. The summed E-state index contributed by atoms with van der Waals surface area (Å²) >= 11 is 1.75. The van der Waals surface area contributed by atoms with E-state index in [0.717, 1.165) is 11.6 Å². The van der Waals surface area contributed by atoms with Crippen molar-refractivity contribution in [1.29, 1.82) is 0 Å². The molecule has 0 aromatic carbocycles. The van der Waals surface area contributed by atoms with Crippen molar-refractivity contribution in [3.63, 3.8) is 0 Å². The van der Waals surface area contributed by atoms with E-state index in [4.69, 9.17) is 0 Å². The van der Waals surface area contributed by atoms with Gasteiger partial charge in [-0.1, -0.05) is 0 Å². The monoisotopic (exact) mass is 286 g/mol. The summed E-state index contributed by atoms with van der Waals surface area (Å²) in [6, 6.07) is 0.0737. The highest BCUT2D eigenvalue weighted by Gasteiger charge is 2.30. The first-order chi connectivity index (χ1) is 9.08. The van der Waals surface area contributed by atoms with Crippen molar-refractivity contribution in [2.24, 2.45) is 0 Å². The first-order valence-electron chi connectivity index (χ1n) is 6.73. The Morgan fingerprint density at radius 2 is 1.84 bits per heavy atom. The molecular formula is C12H22N4O2S. The minimum Gasteiger partial charge on any atom is -0.338 e. The molecule has 6 nitrogen and oxygen atoms in total. The summed E-state index contributed by atoms with van der Waals surface area (Å²) in [6.07, 6.45) is 0. The van der Waals surface area contributed by atoms with Gasteiger partial charge in [0.1, 0.15) is 0 Å². The minimum absolute atomic E-state index is 0.0309. The third kappa shape index (κ3) is 3.76. The van der Waals surface area contributed by atoms with Crippen LogP contribution in [-0.4, -0.2) is 71.6 Å². The van der Waals surface area contributed by atoms with Crippen LogP contribution in [0.25, 0.3) is 0 Å². The average molecular weight is 286 g/mol. The van der Waals surface area contributed by atoms with Crippen LogP contribution >= 0.6 is 11.8 Å². The molecule has 2 fully saturated rings. The normalized spacial score (nSPS) is 23.8. The number of hydrogen-bond donors (Lipinski definition) is 2. The zero-order valence-electron chi connectivity index (χ0n) is 11.5. The van der Waals surface area contributed by atoms with Gasteiger partial charge in [0.25, 0.3) is 0 Å². The van der Waals surface area contributed by atoms with E-state index >= 15 is 0 Å². The van der Waals surface area contributed by atoms with Crippen LogP contribution in [0.2, 0.25) is 0 Å². The van der Waals surface area contributed by atoms with Gasteiger partial charge in [0.2, 0.25) is 5.91 Å². The maximum absolute atomic E-state index is 12.2. The standard InChI is InChI=1S/C12H22N4O2S/c1-9(2)14-12(18)16-5-3-15(4-6-16)11(17)10-7-19-8-13-10/h9-10,13H,3-8H2,1-2H3,(H,14,18). The van der Waals surface area contributed by atoms with E-state index in [2.05, 4.69) is 10.6 Å². The van der Waals surface area contributed by atoms with Crippen LogP contribution in [0.4, 0.5) is 4.79 Å². The van der Waals surface area contributed by atoms with E-state index in [1.807, 2.05) is 18.7 Å². The summed E-state index contributed by atoms with van der Waals surface area (Å²) in [5.74, 6) is 1.88. The van der Waals surface area contributed by atoms with Gasteiger partial charge < -0.3 is 15.1 Å². The number of piperazine rings is 1. The summed E-state index contributed by atoms with van der Waals surface area (Å²) in [5, 5.41) is 6.07. The Morgan fingerprint density at radius 3 is 2.37 bits per heavy atom. The molecule has 0 saturated carbocycles. The highest BCUT2D eigenvalue weighted by Crippen LogP contribution is 2.13. The fraction of sp³-hybridized carbons (Fsp3) is 0.833. The summed E-state index contributed by atoms with van der Waals surface area (Å²) in [5.41, 5.74) is 0. The third-order valence-electron chi connectivity index (χ3n) is 3.31. The van der Waals surface area contributed by atoms with Gasteiger partial charge in [0.15, 0.2) is 0 Å². The molecule has 0 aromatic heterocycles. The Bertz CT molecular complexity index is 337. The minimum atomic E-state index is -0.0407. The maximum Gasteiger partial charge on any atom is 0.317 e. The molecule has 0 radical (unpaired) electrons. The van der Waals surface area contributed by atoms with Gasteiger partial charge in [0.05, 0.1) is 6.04 Å². The third-order valence-corrected chi connectivity index (χ3v) is 4.24. The van der Waals surface area contributed by atoms with Crippen molar-refractivity contribution in [3.8, 4) is 0 Å². The van der Waals surface area contributed by atoms with Crippen molar-refractivity contribution in [1.82, 2.24) is 20.4 Å². The molecule has 7 heteroatoms. The Morgan fingerprint density at radius 1 is 1.21 bits per heavy atom. The van der Waals surface area contributed by atoms with Crippen molar-refractivity contribution in [3.05, 3.63) is 0 Å². The zero-order valence-corrected chi connectivity index (χ0v) is 12.3. The lowest BCUT2D eigenvalue weighted by molar-refractivity contribution is -0.134. The number of hydrogen-bond acceptors (Lipinski definition) is 4. The van der Waals surface area contributed by atoms with Crippen molar-refractivity contribution < 1.29 is 9.59 Å². The Hall–Kier alpha value is -0.950. The van der Waals surface area contributed by atoms with Gasteiger partial charge in [-0.2, -0.15) is 0 Å². The number of urea groups is 1. The van der Waals surface area contributed by atoms with Crippen LogP contribution < -0.4 is 10.6 Å². The molecule has 108 valence electrons. The van der Waals surface area contributed by atoms with Crippen LogP contribution in [0.1, 0.15) is 13.8 Å². The Labute approximate surface area is 118 Å². The summed E-state index contributed by atoms with van der Waals surface area (Å²) < 4.78 is 0. The van der Waals surface area contributed by atoms with E-state index in [-0.39, 0.29) is 24.0 Å². The lowest BCUT2D eigenvalue weighted by Crippen LogP contribution is -2.56. The van der Waals surface area contributed by atoms with Gasteiger partial charge in [-0.15, -0.1) is 11.8 Å². The van der Waals surface area contributed by atoms with E-state index in [1.54, 1.807) is 16.7 Å². The number of carbonyl (C=O) groups is 2. The molecule has 0 spiro atoms. The molecule has 19 heavy (non-hydrogen) atoms. The molecule has 2 heterocycles. The van der Waals surface area contributed by atoms with Crippen LogP contribution in [0.3, 0.4) is 0 Å². The van der Waals surface area contributed by atoms with Crippen LogP contribution in [0.5, 0.6) is 0 Å². The van der Waals surface area contributed by atoms with Gasteiger partial charge in [0, 0.05) is 43.9 Å². The fourth-order valence-electron chi connectivity index (χ4n) is 2.24. The van der Waals surface area contributed by atoms with E-state index in [9.17, 15) is 9.59 Å². The molecule has 2 N–H and O–H groups in total. The topological polar surface area (TPSA) is 64.7 Å². The average Bonchev–Trinajstić information content (AvgIpc) is 2.91. The van der Waals surface area contributed by atoms with Gasteiger partial charge in [-0.05, 0) is 13.8 Å². The summed E-state index contributed by atoms with van der Waals surface area (Å²) in [7, 11) is 0. The van der Waals surface area contributed by atoms with Crippen molar-refractivity contribution in [2.75, 3.05) is 37.8 Å². The number of nitrogens with one attached hydrogen (secondary N) is 2. The molecule has 0 aromatic rings. The first-order valence-corrected chi connectivity index (χ1v) is 7.88. The van der Waals surface area contributed by atoms with Gasteiger partial charge in [-0.25, -0.2) is 4.79 Å². The predicted octanol–water partition coefficient (Wildman–Crippen LogP) is -0.0889. The largest absolute Gasteiger partial charge is 0.338 e. The molecule has 1 atom stereocenters. The van der Waals surface area contributed by atoms with Crippen molar-refractivity contribution >= 4 is 23.7 Å². The highest BCUT2D eigenvalue weighted by atomic mass is 32.2. The van der Waals surface area contributed by atoms with Crippen molar-refractivity contribution in [2.45, 2.75) is 25.9 Å². The molecule has 2 saturated heterocycles. The van der Waals surface area contributed by atoms with Crippen LogP contribution in [0, 0.1) is 0 Å². The second-order valence-corrected chi connectivity index (χ2v) is 6.22. The maximum atomic E-state index is 12.2. The second-order valence-electron chi connectivity index (χ2n) is 5.19. The number of amides is 3. The Balaban J connectivity index is 1.78. The molecular weight excluding hydrogens is 264 g/mol. The van der Waals surface area contributed by atoms with E-state index < -0.39 is 0 Å². The molecule has 1 unspecified atom stereocenters. The Kier molecular flexibility index (Phi) is 4.93. The number of thioether (sulfide) groups is 1. The number of nitrogens with zero attached hydrogens (tertiary/aromatic N) is 2. The van der Waals surface area contributed by atoms with Gasteiger partial charge in [-0.3, -0.25) is 10.1 Å². The number of rotatable bonds is 2. The fourth-order valence-corrected chi connectivity index (χ4v) is 3.18.